The van der Waals surface area contributed by atoms with Crippen LogP contribution in [0.25, 0.3) is 10.9 Å². The lowest BCUT2D eigenvalue weighted by Crippen LogP contribution is -2.27. The van der Waals surface area contributed by atoms with Gasteiger partial charge in [-0.05, 0) is 18.6 Å². The number of amides is 1. The molecule has 0 saturated heterocycles. The number of hydrogen-bond donors (Lipinski definition) is 5. The van der Waals surface area contributed by atoms with E-state index in [0.29, 0.717) is 26.1 Å². The minimum absolute atomic E-state index is 0.0222. The van der Waals surface area contributed by atoms with Gasteiger partial charge in [-0.1, -0.05) is 0 Å². The first-order valence-corrected chi connectivity index (χ1v) is 8.24. The van der Waals surface area contributed by atoms with Crippen LogP contribution in [0.5, 0.6) is 0 Å². The second kappa shape index (κ2) is 9.00. The zero-order valence-electron chi connectivity index (χ0n) is 13.3. The molecule has 1 aromatic heterocycles. The van der Waals surface area contributed by atoms with Crippen LogP contribution in [0.2, 0.25) is 0 Å². The first-order chi connectivity index (χ1) is 11.7. The van der Waals surface area contributed by atoms with E-state index in [1.54, 1.807) is 17.0 Å². The van der Waals surface area contributed by atoms with Crippen molar-refractivity contribution in [2.24, 2.45) is 5.73 Å². The summed E-state index contributed by atoms with van der Waals surface area (Å²) in [5, 5.41) is 21.6. The molecule has 0 unspecified atom stereocenters. The summed E-state index contributed by atoms with van der Waals surface area (Å²) >= 11 is 0. The molecule has 0 saturated carbocycles. The molecule has 0 radical (unpaired) electrons. The maximum absolute atomic E-state index is 11.3. The van der Waals surface area contributed by atoms with Gasteiger partial charge in [-0.15, -0.1) is 8.86 Å². The Morgan fingerprint density at radius 1 is 1.46 bits per heavy atom. The van der Waals surface area contributed by atoms with Crippen LogP contribution in [-0.2, 0) is 4.79 Å². The van der Waals surface area contributed by atoms with E-state index < -0.39 is 0 Å². The third-order valence-corrected chi connectivity index (χ3v) is 3.76. The number of nitrogens with one attached hydrogen (secondary N) is 4. The molecule has 1 amide bonds. The van der Waals surface area contributed by atoms with Crippen LogP contribution in [-0.4, -0.2) is 48.0 Å². The predicted octanol–water partition coefficient (Wildman–Crippen LogP) is 1.15. The van der Waals surface area contributed by atoms with Crippen molar-refractivity contribution in [3.05, 3.63) is 18.3 Å². The summed E-state index contributed by atoms with van der Waals surface area (Å²) in [5.41, 5.74) is 7.96. The van der Waals surface area contributed by atoms with Crippen molar-refractivity contribution < 1.29 is 4.79 Å². The number of anilines is 2. The van der Waals surface area contributed by atoms with E-state index in [2.05, 4.69) is 29.7 Å². The summed E-state index contributed by atoms with van der Waals surface area (Å²) < 4.78 is 0. The van der Waals surface area contributed by atoms with Crippen molar-refractivity contribution in [1.82, 2.24) is 15.5 Å². The molecule has 0 aliphatic rings. The summed E-state index contributed by atoms with van der Waals surface area (Å²) in [6, 6.07) is 3.87. The molecule has 0 bridgehead atoms. The molecule has 0 atom stereocenters. The molecule has 2 aromatic rings. The summed E-state index contributed by atoms with van der Waals surface area (Å²) in [6.45, 7) is 1.67. The van der Waals surface area contributed by atoms with E-state index in [-0.39, 0.29) is 5.91 Å². The van der Waals surface area contributed by atoms with E-state index in [9.17, 15) is 4.79 Å². The topological polar surface area (TPSA) is 123 Å². The lowest BCUT2D eigenvalue weighted by Gasteiger charge is -2.16. The van der Waals surface area contributed by atoms with Gasteiger partial charge in [0.25, 0.3) is 0 Å². The Balaban J connectivity index is 2.00. The van der Waals surface area contributed by atoms with E-state index in [1.807, 2.05) is 12.1 Å². The highest BCUT2D eigenvalue weighted by Gasteiger charge is 2.09. The Hall–Kier alpha value is -2.44. The molecule has 9 heteroatoms. The predicted molar refractivity (Wildman–Crippen MR) is 102 cm³/mol. The number of rotatable bonds is 10. The fourth-order valence-corrected chi connectivity index (χ4v) is 2.50. The van der Waals surface area contributed by atoms with Crippen molar-refractivity contribution in [1.29, 1.82) is 5.41 Å². The normalized spacial score (nSPS) is 10.4. The quantitative estimate of drug-likeness (QED) is 0.191. The molecule has 1 heterocycles. The first kappa shape index (κ1) is 17.9. The van der Waals surface area contributed by atoms with E-state index >= 15 is 0 Å². The Morgan fingerprint density at radius 3 is 3.00 bits per heavy atom. The average molecular weight is 347 g/mol. The van der Waals surface area contributed by atoms with Crippen LogP contribution >= 0.6 is 8.86 Å². The van der Waals surface area contributed by atoms with Gasteiger partial charge in [-0.2, -0.15) is 5.10 Å². The summed E-state index contributed by atoms with van der Waals surface area (Å²) in [7, 11) is 3.30. The third kappa shape index (κ3) is 4.53. The van der Waals surface area contributed by atoms with Crippen molar-refractivity contribution in [2.45, 2.75) is 12.8 Å². The highest BCUT2D eigenvalue weighted by atomic mass is 31.0. The number of aromatic nitrogens is 2. The zero-order valence-corrected chi connectivity index (χ0v) is 14.3. The Labute approximate surface area is 142 Å². The van der Waals surface area contributed by atoms with Gasteiger partial charge in [-0.3, -0.25) is 15.3 Å². The summed E-state index contributed by atoms with van der Waals surface area (Å²) in [4.78, 5) is 13.0. The summed E-state index contributed by atoms with van der Waals surface area (Å²) in [5.74, 6) is 1.60. The van der Waals surface area contributed by atoms with Crippen LogP contribution in [0.4, 0.5) is 11.4 Å². The van der Waals surface area contributed by atoms with Crippen LogP contribution in [0.3, 0.4) is 0 Å². The molecule has 24 heavy (non-hydrogen) atoms. The number of benzene rings is 1. The van der Waals surface area contributed by atoms with Crippen molar-refractivity contribution in [3.8, 4) is 0 Å². The highest BCUT2D eigenvalue weighted by molar-refractivity contribution is 7.18. The lowest BCUT2D eigenvalue weighted by atomic mass is 10.2. The lowest BCUT2D eigenvalue weighted by molar-refractivity contribution is -0.120. The van der Waals surface area contributed by atoms with E-state index in [4.69, 9.17) is 11.1 Å². The number of nitrogens with zero attached hydrogens (tertiary/aromatic N) is 2. The van der Waals surface area contributed by atoms with E-state index in [1.165, 1.54) is 6.34 Å². The molecule has 6 N–H and O–H groups in total. The zero-order chi connectivity index (χ0) is 17.4. The van der Waals surface area contributed by atoms with Crippen molar-refractivity contribution >= 4 is 49.3 Å². The number of carbonyl (C=O) groups is 1. The SMILES string of the molecule is N=CN(C=P)c1cc(NCCCNC(=O)CCN)c2cn[nH]c2c1. The molecule has 1 aromatic carbocycles. The molecule has 2 rings (SSSR count). The van der Waals surface area contributed by atoms with Gasteiger partial charge < -0.3 is 21.3 Å². The van der Waals surface area contributed by atoms with Crippen LogP contribution in [0.15, 0.2) is 18.3 Å². The highest BCUT2D eigenvalue weighted by Crippen LogP contribution is 2.28. The smallest absolute Gasteiger partial charge is 0.221 e. The van der Waals surface area contributed by atoms with Crippen LogP contribution in [0.1, 0.15) is 12.8 Å². The van der Waals surface area contributed by atoms with Gasteiger partial charge >= 0.3 is 0 Å². The van der Waals surface area contributed by atoms with Crippen LogP contribution < -0.4 is 21.3 Å². The van der Waals surface area contributed by atoms with Gasteiger partial charge in [0.05, 0.1) is 23.7 Å². The minimum Gasteiger partial charge on any atom is -0.384 e. The minimum atomic E-state index is -0.0222. The van der Waals surface area contributed by atoms with Gasteiger partial charge in [0, 0.05) is 43.0 Å². The van der Waals surface area contributed by atoms with E-state index in [0.717, 1.165) is 28.7 Å². The summed E-state index contributed by atoms with van der Waals surface area (Å²) in [6.07, 6.45) is 4.11. The number of carbonyl (C=O) groups excluding carboxylic acids is 1. The number of aromatic amines is 1. The maximum Gasteiger partial charge on any atom is 0.221 e. The molecule has 0 aliphatic carbocycles. The monoisotopic (exact) mass is 347 g/mol. The number of H-pyrrole nitrogens is 1. The second-order valence-corrected chi connectivity index (χ2v) is 5.42. The maximum atomic E-state index is 11.3. The van der Waals surface area contributed by atoms with Crippen molar-refractivity contribution in [2.75, 3.05) is 29.9 Å². The Morgan fingerprint density at radius 2 is 2.29 bits per heavy atom. The number of nitrogens with two attached hydrogens (primary N) is 1. The molecule has 128 valence electrons. The number of fused-ring (bicyclic) bond motifs is 1. The number of hydrogen-bond acceptors (Lipinski definition) is 5. The van der Waals surface area contributed by atoms with Crippen molar-refractivity contribution in [3.63, 3.8) is 0 Å². The molecule has 0 spiro atoms. The Kier molecular flexibility index (Phi) is 6.72. The second-order valence-electron chi connectivity index (χ2n) is 5.16. The van der Waals surface area contributed by atoms with Crippen LogP contribution in [0, 0.1) is 5.41 Å². The Bertz CT molecular complexity index is 707. The van der Waals surface area contributed by atoms with Gasteiger partial charge in [0.1, 0.15) is 0 Å². The molecular formula is C15H22N7OP. The van der Waals surface area contributed by atoms with Gasteiger partial charge in [0.2, 0.25) is 5.91 Å². The molecular weight excluding hydrogens is 325 g/mol. The molecule has 0 fully saturated rings. The fraction of sp³-hybridized carbons (Fsp3) is 0.333. The molecule has 8 nitrogen and oxygen atoms in total. The van der Waals surface area contributed by atoms with Gasteiger partial charge in [0.15, 0.2) is 0 Å². The van der Waals surface area contributed by atoms with Gasteiger partial charge in [-0.25, -0.2) is 0 Å². The average Bonchev–Trinajstić information content (AvgIpc) is 3.04. The largest absolute Gasteiger partial charge is 0.384 e. The molecule has 0 aliphatic heterocycles. The fourth-order valence-electron chi connectivity index (χ4n) is 2.28. The third-order valence-electron chi connectivity index (χ3n) is 3.48. The standard InChI is InChI=1S/C15H22N7OP/c16-3-2-15(23)19-5-1-4-18-13-6-11(22(9-17)10-24)7-14-12(13)8-20-21-14/h6-10,17-18,24H,1-5,16H2,(H,19,23)(H,20,21). The first-order valence-electron chi connectivity index (χ1n) is 7.67.